The smallest absolute Gasteiger partial charge is 0.335 e. The monoisotopic (exact) mass is 694 g/mol. The van der Waals surface area contributed by atoms with Crippen LogP contribution in [0, 0.1) is 0 Å². The Kier molecular flexibility index (Phi) is 8.87. The predicted octanol–water partition coefficient (Wildman–Crippen LogP) is 7.69. The summed E-state index contributed by atoms with van der Waals surface area (Å²) in [5.74, 6) is -0.371. The van der Waals surface area contributed by atoms with Gasteiger partial charge in [-0.1, -0.05) is 57.9 Å². The number of amides is 4. The zero-order valence-corrected chi connectivity index (χ0v) is 25.2. The van der Waals surface area contributed by atoms with Crippen molar-refractivity contribution in [1.82, 2.24) is 5.32 Å². The normalized spacial score (nSPS) is 14.3. The van der Waals surface area contributed by atoms with Gasteiger partial charge in [-0.25, -0.2) is 9.69 Å². The third-order valence-corrected chi connectivity index (χ3v) is 7.45. The van der Waals surface area contributed by atoms with Crippen molar-refractivity contribution in [3.05, 3.63) is 127 Å². The Bertz CT molecular complexity index is 1660. The van der Waals surface area contributed by atoms with Crippen LogP contribution in [0.15, 0.2) is 106 Å². The van der Waals surface area contributed by atoms with Crippen molar-refractivity contribution in [3.63, 3.8) is 0 Å². The number of hydrogen-bond acceptors (Lipinski definition) is 5. The van der Waals surface area contributed by atoms with E-state index >= 15 is 0 Å². The van der Waals surface area contributed by atoms with Crippen molar-refractivity contribution in [2.75, 3.05) is 4.90 Å². The molecule has 10 heteroatoms. The molecule has 0 radical (unpaired) electrons. The second-order valence-corrected chi connectivity index (χ2v) is 11.2. The van der Waals surface area contributed by atoms with Crippen molar-refractivity contribution < 1.29 is 23.9 Å². The van der Waals surface area contributed by atoms with Crippen LogP contribution in [0.25, 0.3) is 6.08 Å². The highest BCUT2D eigenvalue weighted by molar-refractivity contribution is 9.10. The van der Waals surface area contributed by atoms with Gasteiger partial charge in [-0.2, -0.15) is 0 Å². The average molecular weight is 697 g/mol. The van der Waals surface area contributed by atoms with Crippen molar-refractivity contribution in [2.45, 2.75) is 13.2 Å². The summed E-state index contributed by atoms with van der Waals surface area (Å²) in [5, 5.41) is 2.86. The van der Waals surface area contributed by atoms with Gasteiger partial charge in [0.2, 0.25) is 0 Å². The number of imide groups is 2. The van der Waals surface area contributed by atoms with Crippen LogP contribution < -0.4 is 19.7 Å². The maximum absolute atomic E-state index is 13.3. The topological polar surface area (TPSA) is 84.9 Å². The molecule has 1 fully saturated rings. The third kappa shape index (κ3) is 7.05. The minimum Gasteiger partial charge on any atom is -0.489 e. The number of carbonyl (C=O) groups excluding carboxylic acids is 3. The quantitative estimate of drug-likeness (QED) is 0.151. The highest BCUT2D eigenvalue weighted by Crippen LogP contribution is 2.29. The first kappa shape index (κ1) is 28.6. The molecule has 206 valence electrons. The van der Waals surface area contributed by atoms with Crippen LogP contribution >= 0.6 is 43.5 Å². The van der Waals surface area contributed by atoms with Gasteiger partial charge in [-0.05, 0) is 99.4 Å². The van der Waals surface area contributed by atoms with E-state index in [2.05, 4.69) is 37.2 Å². The number of hydrogen-bond donors (Lipinski definition) is 1. The van der Waals surface area contributed by atoms with E-state index in [0.29, 0.717) is 45.5 Å². The van der Waals surface area contributed by atoms with Gasteiger partial charge in [0, 0.05) is 9.50 Å². The molecule has 41 heavy (non-hydrogen) atoms. The summed E-state index contributed by atoms with van der Waals surface area (Å²) in [5.41, 5.74) is 2.58. The number of ether oxygens (including phenoxy) is 2. The second-order valence-electron chi connectivity index (χ2n) is 8.98. The van der Waals surface area contributed by atoms with Crippen molar-refractivity contribution in [3.8, 4) is 11.5 Å². The van der Waals surface area contributed by atoms with Gasteiger partial charge in [0.15, 0.2) is 0 Å². The zero-order chi connectivity index (χ0) is 28.9. The van der Waals surface area contributed by atoms with Crippen molar-refractivity contribution in [2.24, 2.45) is 0 Å². The van der Waals surface area contributed by atoms with Crippen LogP contribution in [0.4, 0.5) is 10.5 Å². The molecule has 4 aromatic rings. The van der Waals surface area contributed by atoms with E-state index in [1.807, 2.05) is 42.5 Å². The van der Waals surface area contributed by atoms with Crippen molar-refractivity contribution in [1.29, 1.82) is 0 Å². The molecule has 0 bridgehead atoms. The standard InChI is InChI=1S/C31H21Br2ClN2O5/c32-22-7-4-19(5-8-22)17-40-25-11-9-24(10-12-25)36-30(38)26(29(37)35-31(36)39)15-20-6-13-28(27(33)16-20)41-18-21-2-1-3-23(34)14-21/h1-16H,17-18H2,(H,35,37,39)/b26-15+. The summed E-state index contributed by atoms with van der Waals surface area (Å²) in [7, 11) is 0. The maximum Gasteiger partial charge on any atom is 0.335 e. The van der Waals surface area contributed by atoms with Gasteiger partial charge in [0.25, 0.3) is 11.8 Å². The van der Waals surface area contributed by atoms with Gasteiger partial charge in [-0.3, -0.25) is 14.9 Å². The Morgan fingerprint density at radius 3 is 2.24 bits per heavy atom. The van der Waals surface area contributed by atoms with Gasteiger partial charge in [0.1, 0.15) is 30.3 Å². The van der Waals surface area contributed by atoms with Gasteiger partial charge in [-0.15, -0.1) is 0 Å². The molecule has 1 aliphatic heterocycles. The van der Waals surface area contributed by atoms with E-state index in [-0.39, 0.29) is 5.57 Å². The number of barbiturate groups is 1. The molecule has 0 aromatic heterocycles. The lowest BCUT2D eigenvalue weighted by Crippen LogP contribution is -2.54. The molecule has 4 amide bonds. The molecular formula is C31H21Br2ClN2O5. The minimum atomic E-state index is -0.827. The van der Waals surface area contributed by atoms with Crippen LogP contribution in [0.1, 0.15) is 16.7 Å². The predicted molar refractivity (Wildman–Crippen MR) is 164 cm³/mol. The lowest BCUT2D eigenvalue weighted by Gasteiger charge is -2.26. The number of nitrogens with one attached hydrogen (secondary N) is 1. The van der Waals surface area contributed by atoms with Gasteiger partial charge < -0.3 is 9.47 Å². The van der Waals surface area contributed by atoms with Crippen LogP contribution in [0.5, 0.6) is 11.5 Å². The Morgan fingerprint density at radius 2 is 1.54 bits per heavy atom. The molecule has 1 saturated heterocycles. The van der Waals surface area contributed by atoms with Crippen LogP contribution in [-0.2, 0) is 22.8 Å². The molecule has 4 aromatic carbocycles. The number of carbonyl (C=O) groups is 3. The Hall–Kier alpha value is -3.92. The fraction of sp³-hybridized carbons (Fsp3) is 0.0645. The minimum absolute atomic E-state index is 0.181. The van der Waals surface area contributed by atoms with E-state index in [0.717, 1.165) is 20.5 Å². The summed E-state index contributed by atoms with van der Waals surface area (Å²) < 4.78 is 13.3. The molecule has 1 aliphatic rings. The number of benzene rings is 4. The third-order valence-electron chi connectivity index (χ3n) is 6.07. The molecule has 0 spiro atoms. The summed E-state index contributed by atoms with van der Waals surface area (Å²) in [6.45, 7) is 0.669. The first-order valence-electron chi connectivity index (χ1n) is 12.3. The van der Waals surface area contributed by atoms with E-state index < -0.39 is 17.8 Å². The van der Waals surface area contributed by atoms with Crippen LogP contribution in [-0.4, -0.2) is 17.8 Å². The SMILES string of the molecule is O=C1NC(=O)N(c2ccc(OCc3ccc(Br)cc3)cc2)C(=O)/C1=C/c1ccc(OCc2cccc(Cl)c2)c(Br)c1. The fourth-order valence-electron chi connectivity index (χ4n) is 4.01. The Labute approximate surface area is 258 Å². The summed E-state index contributed by atoms with van der Waals surface area (Å²) in [6, 6.07) is 25.9. The largest absolute Gasteiger partial charge is 0.489 e. The van der Waals surface area contributed by atoms with E-state index in [1.54, 1.807) is 48.5 Å². The highest BCUT2D eigenvalue weighted by Gasteiger charge is 2.36. The Morgan fingerprint density at radius 1 is 0.805 bits per heavy atom. The van der Waals surface area contributed by atoms with Gasteiger partial charge in [0.05, 0.1) is 10.2 Å². The molecule has 1 N–H and O–H groups in total. The summed E-state index contributed by atoms with van der Waals surface area (Å²) >= 11 is 12.9. The fourth-order valence-corrected chi connectivity index (χ4v) is 5.00. The molecule has 0 unspecified atom stereocenters. The zero-order valence-electron chi connectivity index (χ0n) is 21.3. The number of nitrogens with zero attached hydrogens (tertiary/aromatic N) is 1. The Balaban J connectivity index is 1.29. The lowest BCUT2D eigenvalue weighted by atomic mass is 10.1. The van der Waals surface area contributed by atoms with E-state index in [9.17, 15) is 14.4 Å². The summed E-state index contributed by atoms with van der Waals surface area (Å²) in [6.07, 6.45) is 1.43. The molecule has 7 nitrogen and oxygen atoms in total. The first-order chi connectivity index (χ1) is 19.8. The van der Waals surface area contributed by atoms with Crippen LogP contribution in [0.3, 0.4) is 0 Å². The number of halogens is 3. The lowest BCUT2D eigenvalue weighted by molar-refractivity contribution is -0.122. The number of anilines is 1. The van der Waals surface area contributed by atoms with Gasteiger partial charge >= 0.3 is 6.03 Å². The summed E-state index contributed by atoms with van der Waals surface area (Å²) in [4.78, 5) is 39.5. The molecule has 5 rings (SSSR count). The number of urea groups is 1. The second kappa shape index (κ2) is 12.7. The van der Waals surface area contributed by atoms with E-state index in [1.165, 1.54) is 6.08 Å². The van der Waals surface area contributed by atoms with E-state index in [4.69, 9.17) is 21.1 Å². The van der Waals surface area contributed by atoms with Crippen LogP contribution in [0.2, 0.25) is 5.02 Å². The maximum atomic E-state index is 13.3. The molecule has 1 heterocycles. The van der Waals surface area contributed by atoms with Crippen molar-refractivity contribution >= 4 is 73.1 Å². The first-order valence-corrected chi connectivity index (χ1v) is 14.3. The number of rotatable bonds is 8. The molecule has 0 saturated carbocycles. The highest BCUT2D eigenvalue weighted by atomic mass is 79.9. The molecular weight excluding hydrogens is 676 g/mol. The molecule has 0 aliphatic carbocycles. The average Bonchev–Trinajstić information content (AvgIpc) is 2.95. The molecule has 0 atom stereocenters.